The van der Waals surface area contributed by atoms with Gasteiger partial charge in [-0.3, -0.25) is 9.69 Å². The molecule has 1 saturated heterocycles. The fourth-order valence-electron chi connectivity index (χ4n) is 3.49. The number of amides is 1. The van der Waals surface area contributed by atoms with Crippen molar-refractivity contribution in [1.82, 2.24) is 4.90 Å². The van der Waals surface area contributed by atoms with Crippen LogP contribution in [-0.4, -0.2) is 54.7 Å². The van der Waals surface area contributed by atoms with Crippen molar-refractivity contribution in [3.05, 3.63) is 54.6 Å². The molecule has 1 atom stereocenters. The topological polar surface area (TPSA) is 47.0 Å². The lowest BCUT2D eigenvalue weighted by Crippen LogP contribution is -2.54. The predicted molar refractivity (Wildman–Crippen MR) is 106 cm³/mol. The van der Waals surface area contributed by atoms with Crippen LogP contribution in [0.2, 0.25) is 0 Å². The van der Waals surface area contributed by atoms with Gasteiger partial charge in [-0.2, -0.15) is 0 Å². The summed E-state index contributed by atoms with van der Waals surface area (Å²) in [5.41, 5.74) is 2.07. The van der Waals surface area contributed by atoms with E-state index in [1.165, 1.54) is 0 Å². The first-order chi connectivity index (χ1) is 12.6. The van der Waals surface area contributed by atoms with E-state index in [1.54, 1.807) is 12.1 Å². The summed E-state index contributed by atoms with van der Waals surface area (Å²) in [5, 5.41) is 9.43. The highest BCUT2D eigenvalue weighted by Gasteiger charge is 2.28. The summed E-state index contributed by atoms with van der Waals surface area (Å²) in [4.78, 5) is 19.4. The van der Waals surface area contributed by atoms with Gasteiger partial charge in [0, 0.05) is 44.1 Å². The maximum atomic E-state index is 13.0. The molecule has 1 aliphatic heterocycles. The highest BCUT2D eigenvalue weighted by Crippen LogP contribution is 2.21. The Morgan fingerprint density at radius 3 is 2.23 bits per heavy atom. The van der Waals surface area contributed by atoms with E-state index in [-0.39, 0.29) is 17.7 Å². The molecule has 0 radical (unpaired) electrons. The molecule has 2 aromatic rings. The van der Waals surface area contributed by atoms with E-state index in [2.05, 4.69) is 9.80 Å². The normalized spacial score (nSPS) is 16.3. The average molecular weight is 353 g/mol. The Labute approximate surface area is 155 Å². The maximum Gasteiger partial charge on any atom is 0.244 e. The number of aromatic hydroxyl groups is 1. The van der Waals surface area contributed by atoms with E-state index in [9.17, 15) is 9.90 Å². The van der Waals surface area contributed by atoms with Crippen molar-refractivity contribution < 1.29 is 9.90 Å². The Balaban J connectivity index is 1.61. The lowest BCUT2D eigenvalue weighted by molar-refractivity contribution is -0.123. The zero-order valence-corrected chi connectivity index (χ0v) is 15.5. The monoisotopic (exact) mass is 353 g/mol. The summed E-state index contributed by atoms with van der Waals surface area (Å²) >= 11 is 0. The number of nitrogens with zero attached hydrogens (tertiary/aromatic N) is 3. The summed E-state index contributed by atoms with van der Waals surface area (Å²) < 4.78 is 0. The van der Waals surface area contributed by atoms with Crippen LogP contribution in [0.25, 0.3) is 0 Å². The molecule has 1 heterocycles. The molecule has 0 saturated carbocycles. The third-order valence-corrected chi connectivity index (χ3v) is 5.08. The molecule has 5 nitrogen and oxygen atoms in total. The highest BCUT2D eigenvalue weighted by molar-refractivity contribution is 5.96. The van der Waals surface area contributed by atoms with Gasteiger partial charge in [0.1, 0.15) is 5.75 Å². The molecule has 1 fully saturated rings. The van der Waals surface area contributed by atoms with Gasteiger partial charge in [-0.25, -0.2) is 0 Å². The molecule has 0 aliphatic carbocycles. The zero-order valence-electron chi connectivity index (χ0n) is 15.5. The number of carbonyl (C=O) groups is 1. The number of carbonyl (C=O) groups excluding carboxylic acids is 1. The fourth-order valence-corrected chi connectivity index (χ4v) is 3.49. The third-order valence-electron chi connectivity index (χ3n) is 5.08. The van der Waals surface area contributed by atoms with Crippen molar-refractivity contribution in [3.8, 4) is 5.75 Å². The summed E-state index contributed by atoms with van der Waals surface area (Å²) in [6.07, 6.45) is 0. The van der Waals surface area contributed by atoms with Crippen molar-refractivity contribution in [1.29, 1.82) is 0 Å². The largest absolute Gasteiger partial charge is 0.508 e. The van der Waals surface area contributed by atoms with Gasteiger partial charge in [0.25, 0.3) is 0 Å². The minimum Gasteiger partial charge on any atom is -0.508 e. The number of hydrogen-bond donors (Lipinski definition) is 1. The number of hydrogen-bond acceptors (Lipinski definition) is 4. The van der Waals surface area contributed by atoms with Crippen LogP contribution in [0.3, 0.4) is 0 Å². The summed E-state index contributed by atoms with van der Waals surface area (Å²) in [7, 11) is 0. The Hall–Kier alpha value is -2.53. The van der Waals surface area contributed by atoms with Gasteiger partial charge >= 0.3 is 0 Å². The van der Waals surface area contributed by atoms with E-state index in [1.807, 2.05) is 61.2 Å². The van der Waals surface area contributed by atoms with Crippen LogP contribution in [0.1, 0.15) is 13.8 Å². The molecule has 1 aliphatic rings. The minimum absolute atomic E-state index is 0.142. The number of piperazine rings is 1. The molecule has 1 N–H and O–H groups in total. The number of anilines is 2. The molecule has 138 valence electrons. The first-order valence-corrected chi connectivity index (χ1v) is 9.24. The Morgan fingerprint density at radius 1 is 1.04 bits per heavy atom. The minimum atomic E-state index is -0.142. The standard InChI is InChI=1S/C21H27N3O2/c1-3-24(19-7-5-4-6-8-19)21(26)17(2)22-13-15-23(16-14-22)18-9-11-20(25)12-10-18/h4-12,17,25H,3,13-16H2,1-2H3/t17-/m0/s1. The molecule has 2 aromatic carbocycles. The predicted octanol–water partition coefficient (Wildman–Crippen LogP) is 2.96. The number of rotatable bonds is 5. The zero-order chi connectivity index (χ0) is 18.5. The van der Waals surface area contributed by atoms with Crippen LogP contribution in [0.4, 0.5) is 11.4 Å². The molecule has 3 rings (SSSR count). The van der Waals surface area contributed by atoms with Crippen molar-refractivity contribution >= 4 is 17.3 Å². The molecule has 1 amide bonds. The molecular formula is C21H27N3O2. The van der Waals surface area contributed by atoms with Gasteiger partial charge in [0.2, 0.25) is 5.91 Å². The van der Waals surface area contributed by atoms with Gasteiger partial charge in [-0.05, 0) is 50.2 Å². The molecule has 0 spiro atoms. The second-order valence-electron chi connectivity index (χ2n) is 6.63. The second kappa shape index (κ2) is 8.23. The van der Waals surface area contributed by atoms with E-state index in [0.29, 0.717) is 6.54 Å². The maximum absolute atomic E-state index is 13.0. The van der Waals surface area contributed by atoms with Crippen LogP contribution in [0, 0.1) is 0 Å². The van der Waals surface area contributed by atoms with Crippen molar-refractivity contribution in [2.24, 2.45) is 0 Å². The molecule has 0 aromatic heterocycles. The van der Waals surface area contributed by atoms with Crippen molar-refractivity contribution in [2.45, 2.75) is 19.9 Å². The number of phenolic OH excluding ortho intramolecular Hbond substituents is 1. The highest BCUT2D eigenvalue weighted by atomic mass is 16.3. The van der Waals surface area contributed by atoms with Gasteiger partial charge in [0.05, 0.1) is 6.04 Å². The van der Waals surface area contributed by atoms with Crippen LogP contribution >= 0.6 is 0 Å². The summed E-state index contributed by atoms with van der Waals surface area (Å²) in [6.45, 7) is 8.13. The van der Waals surface area contributed by atoms with Crippen molar-refractivity contribution in [2.75, 3.05) is 42.5 Å². The quantitative estimate of drug-likeness (QED) is 0.898. The lowest BCUT2D eigenvalue weighted by atomic mass is 10.1. The molecule has 0 unspecified atom stereocenters. The number of benzene rings is 2. The van der Waals surface area contributed by atoms with E-state index < -0.39 is 0 Å². The first-order valence-electron chi connectivity index (χ1n) is 9.24. The molecule has 5 heteroatoms. The third kappa shape index (κ3) is 3.99. The lowest BCUT2D eigenvalue weighted by Gasteiger charge is -2.39. The van der Waals surface area contributed by atoms with Crippen LogP contribution in [0.15, 0.2) is 54.6 Å². The average Bonchev–Trinajstić information content (AvgIpc) is 2.69. The Bertz CT molecular complexity index is 710. The van der Waals surface area contributed by atoms with Gasteiger partial charge in [-0.15, -0.1) is 0 Å². The number of likely N-dealkylation sites (N-methyl/N-ethyl adjacent to an activating group) is 1. The molecular weight excluding hydrogens is 326 g/mol. The Morgan fingerprint density at radius 2 is 1.65 bits per heavy atom. The first kappa shape index (κ1) is 18.3. The number of phenols is 1. The van der Waals surface area contributed by atoms with Crippen LogP contribution < -0.4 is 9.80 Å². The Kier molecular flexibility index (Phi) is 5.78. The van der Waals surface area contributed by atoms with Gasteiger partial charge < -0.3 is 14.9 Å². The van der Waals surface area contributed by atoms with E-state index in [4.69, 9.17) is 0 Å². The molecule has 0 bridgehead atoms. The SMILES string of the molecule is CCN(C(=O)[C@H](C)N1CCN(c2ccc(O)cc2)CC1)c1ccccc1. The van der Waals surface area contributed by atoms with E-state index >= 15 is 0 Å². The molecule has 26 heavy (non-hydrogen) atoms. The van der Waals surface area contributed by atoms with Crippen LogP contribution in [0.5, 0.6) is 5.75 Å². The van der Waals surface area contributed by atoms with Gasteiger partial charge in [0.15, 0.2) is 0 Å². The summed E-state index contributed by atoms with van der Waals surface area (Å²) in [5.74, 6) is 0.434. The fraction of sp³-hybridized carbons (Fsp3) is 0.381. The van der Waals surface area contributed by atoms with E-state index in [0.717, 1.165) is 37.6 Å². The van der Waals surface area contributed by atoms with Crippen LogP contribution in [-0.2, 0) is 4.79 Å². The second-order valence-corrected chi connectivity index (χ2v) is 6.63. The summed E-state index contributed by atoms with van der Waals surface area (Å²) in [6, 6.07) is 17.0. The number of para-hydroxylation sites is 1. The smallest absolute Gasteiger partial charge is 0.244 e. The van der Waals surface area contributed by atoms with Crippen molar-refractivity contribution in [3.63, 3.8) is 0 Å². The van der Waals surface area contributed by atoms with Gasteiger partial charge in [-0.1, -0.05) is 18.2 Å².